The average molecular weight is 270 g/mol. The highest BCUT2D eigenvalue weighted by Gasteiger charge is 2.11. The Morgan fingerprint density at radius 1 is 1.58 bits per heavy atom. The van der Waals surface area contributed by atoms with E-state index in [1.165, 1.54) is 6.07 Å². The molecule has 2 N–H and O–H groups in total. The Hall–Kier alpha value is -0.320. The van der Waals surface area contributed by atoms with Gasteiger partial charge in [0.05, 0.1) is 9.50 Å². The second-order valence-electron chi connectivity index (χ2n) is 1.96. The van der Waals surface area contributed by atoms with Crippen LogP contribution in [-0.4, -0.2) is 10.9 Å². The monoisotopic (exact) mass is 268 g/mol. The van der Waals surface area contributed by atoms with Crippen molar-refractivity contribution in [2.24, 2.45) is 5.73 Å². The Labute approximate surface area is 87.0 Å². The number of hydrogen-bond acceptors (Lipinski definition) is 2. The highest BCUT2D eigenvalue weighted by atomic mass is 79.9. The second kappa shape index (κ2) is 3.60. The van der Waals surface area contributed by atoms with Crippen molar-refractivity contribution in [2.45, 2.75) is 0 Å². The van der Waals surface area contributed by atoms with E-state index in [1.54, 1.807) is 0 Å². The fourth-order valence-corrected chi connectivity index (χ4v) is 1.45. The number of carbonyl (C=O) groups is 1. The van der Waals surface area contributed by atoms with Crippen molar-refractivity contribution in [1.82, 2.24) is 4.98 Å². The lowest BCUT2D eigenvalue weighted by molar-refractivity contribution is 0.0996. The highest BCUT2D eigenvalue weighted by molar-refractivity contribution is 9.10. The van der Waals surface area contributed by atoms with Crippen LogP contribution in [0.3, 0.4) is 0 Å². The Kier molecular flexibility index (Phi) is 2.93. The van der Waals surface area contributed by atoms with E-state index in [2.05, 4.69) is 20.9 Å². The molecule has 0 bridgehead atoms. The number of nitrogens with zero attached hydrogens (tertiary/aromatic N) is 1. The fraction of sp³-hybridized carbons (Fsp3) is 0. The van der Waals surface area contributed by atoms with Crippen LogP contribution in [0, 0.1) is 0 Å². The maximum Gasteiger partial charge on any atom is 0.268 e. The first-order valence-corrected chi connectivity index (χ1v) is 4.38. The first kappa shape index (κ1) is 9.77. The van der Waals surface area contributed by atoms with Crippen molar-refractivity contribution in [3.63, 3.8) is 0 Å². The molecule has 6 heteroatoms. The van der Waals surface area contributed by atoms with E-state index < -0.39 is 5.91 Å². The molecule has 0 saturated carbocycles. The van der Waals surface area contributed by atoms with Crippen LogP contribution in [0.15, 0.2) is 10.5 Å². The summed E-state index contributed by atoms with van der Waals surface area (Å²) < 4.78 is 0.527. The van der Waals surface area contributed by atoms with Gasteiger partial charge in [-0.1, -0.05) is 23.2 Å². The van der Waals surface area contributed by atoms with Crippen molar-refractivity contribution in [2.75, 3.05) is 0 Å². The van der Waals surface area contributed by atoms with E-state index in [1.807, 2.05) is 0 Å². The van der Waals surface area contributed by atoms with Gasteiger partial charge in [-0.05, 0) is 22.0 Å². The number of rotatable bonds is 1. The molecule has 1 heterocycles. The van der Waals surface area contributed by atoms with Crippen molar-refractivity contribution < 1.29 is 4.79 Å². The van der Waals surface area contributed by atoms with Gasteiger partial charge in [-0.25, -0.2) is 4.98 Å². The van der Waals surface area contributed by atoms with Crippen LogP contribution in [0.4, 0.5) is 0 Å². The number of aromatic nitrogens is 1. The molecule has 3 nitrogen and oxygen atoms in total. The SMILES string of the molecule is NC(=O)c1nc(Cl)c(Br)cc1Cl. The highest BCUT2D eigenvalue weighted by Crippen LogP contribution is 2.25. The summed E-state index contributed by atoms with van der Waals surface area (Å²) in [7, 11) is 0. The van der Waals surface area contributed by atoms with Crippen molar-refractivity contribution in [3.05, 3.63) is 26.4 Å². The number of primary amides is 1. The lowest BCUT2D eigenvalue weighted by atomic mass is 10.3. The van der Waals surface area contributed by atoms with Crippen LogP contribution >= 0.6 is 39.1 Å². The molecule has 0 aliphatic heterocycles. The quantitative estimate of drug-likeness (QED) is 0.795. The molecule has 0 aromatic carbocycles. The van der Waals surface area contributed by atoms with E-state index in [9.17, 15) is 4.79 Å². The van der Waals surface area contributed by atoms with Crippen LogP contribution in [0.25, 0.3) is 0 Å². The first-order chi connectivity index (χ1) is 5.52. The van der Waals surface area contributed by atoms with Crippen LogP contribution < -0.4 is 5.73 Å². The minimum atomic E-state index is -0.700. The summed E-state index contributed by atoms with van der Waals surface area (Å²) in [4.78, 5) is 14.4. The standard InChI is InChI=1S/C6H3BrCl2N2O/c7-2-1-3(8)4(6(10)12)11-5(2)9/h1H,(H2,10,12). The maximum atomic E-state index is 10.7. The van der Waals surface area contributed by atoms with Gasteiger partial charge in [-0.3, -0.25) is 4.79 Å². The second-order valence-corrected chi connectivity index (χ2v) is 3.58. The molecule has 0 fully saturated rings. The molecule has 0 aliphatic rings. The number of pyridine rings is 1. The van der Waals surface area contributed by atoms with Gasteiger partial charge in [-0.15, -0.1) is 0 Å². The Morgan fingerprint density at radius 3 is 2.67 bits per heavy atom. The van der Waals surface area contributed by atoms with E-state index in [0.717, 1.165) is 0 Å². The number of carbonyl (C=O) groups excluding carboxylic acids is 1. The molecule has 1 amide bonds. The van der Waals surface area contributed by atoms with Gasteiger partial charge >= 0.3 is 0 Å². The predicted molar refractivity (Wildman–Crippen MR) is 50.5 cm³/mol. The summed E-state index contributed by atoms with van der Waals surface area (Å²) in [6.07, 6.45) is 0. The minimum Gasteiger partial charge on any atom is -0.364 e. The van der Waals surface area contributed by atoms with Crippen LogP contribution in [0.1, 0.15) is 10.5 Å². The molecule has 1 aromatic rings. The third-order valence-corrected chi connectivity index (χ3v) is 2.53. The normalized spacial score (nSPS) is 9.92. The van der Waals surface area contributed by atoms with Gasteiger partial charge in [0.1, 0.15) is 10.8 Å². The lowest BCUT2D eigenvalue weighted by Crippen LogP contribution is -2.13. The maximum absolute atomic E-state index is 10.7. The van der Waals surface area contributed by atoms with Crippen LogP contribution in [-0.2, 0) is 0 Å². The molecule has 12 heavy (non-hydrogen) atoms. The zero-order valence-corrected chi connectivity index (χ0v) is 8.74. The van der Waals surface area contributed by atoms with Gasteiger partial charge in [-0.2, -0.15) is 0 Å². The van der Waals surface area contributed by atoms with Gasteiger partial charge in [0, 0.05) is 0 Å². The minimum absolute atomic E-state index is 0.0233. The van der Waals surface area contributed by atoms with E-state index in [-0.39, 0.29) is 15.9 Å². The van der Waals surface area contributed by atoms with E-state index in [0.29, 0.717) is 4.47 Å². The molecule has 0 spiro atoms. The smallest absolute Gasteiger partial charge is 0.268 e. The molecule has 0 saturated heterocycles. The Balaban J connectivity index is 3.33. The van der Waals surface area contributed by atoms with E-state index in [4.69, 9.17) is 28.9 Å². The molecule has 1 aromatic heterocycles. The van der Waals surface area contributed by atoms with Gasteiger partial charge in [0.25, 0.3) is 5.91 Å². The predicted octanol–water partition coefficient (Wildman–Crippen LogP) is 2.25. The molecule has 0 aliphatic carbocycles. The summed E-state index contributed by atoms with van der Waals surface area (Å²) in [6.45, 7) is 0. The van der Waals surface area contributed by atoms with E-state index >= 15 is 0 Å². The van der Waals surface area contributed by atoms with Gasteiger partial charge in [0.15, 0.2) is 0 Å². The number of nitrogens with two attached hydrogens (primary N) is 1. The molecule has 64 valence electrons. The average Bonchev–Trinajstić information content (AvgIpc) is 1.96. The Bertz CT molecular complexity index is 343. The largest absolute Gasteiger partial charge is 0.364 e. The van der Waals surface area contributed by atoms with Crippen LogP contribution in [0.2, 0.25) is 10.2 Å². The van der Waals surface area contributed by atoms with Crippen molar-refractivity contribution in [3.8, 4) is 0 Å². The lowest BCUT2D eigenvalue weighted by Gasteiger charge is -2.00. The fourth-order valence-electron chi connectivity index (χ4n) is 0.617. The van der Waals surface area contributed by atoms with Crippen molar-refractivity contribution >= 4 is 45.0 Å². The zero-order valence-electron chi connectivity index (χ0n) is 5.64. The number of hydrogen-bond donors (Lipinski definition) is 1. The molecule has 0 atom stereocenters. The topological polar surface area (TPSA) is 56.0 Å². The summed E-state index contributed by atoms with van der Waals surface area (Å²) in [5, 5.41) is 0.340. The summed E-state index contributed by atoms with van der Waals surface area (Å²) in [6, 6.07) is 1.47. The third-order valence-electron chi connectivity index (χ3n) is 1.12. The van der Waals surface area contributed by atoms with Crippen LogP contribution in [0.5, 0.6) is 0 Å². The first-order valence-electron chi connectivity index (χ1n) is 2.83. The number of halogens is 3. The molecule has 0 radical (unpaired) electrons. The molecular weight excluding hydrogens is 267 g/mol. The van der Waals surface area contributed by atoms with Crippen molar-refractivity contribution in [1.29, 1.82) is 0 Å². The summed E-state index contributed by atoms with van der Waals surface area (Å²) in [5.74, 6) is -0.700. The zero-order chi connectivity index (χ0) is 9.30. The third kappa shape index (κ3) is 1.88. The van der Waals surface area contributed by atoms with Gasteiger partial charge in [0.2, 0.25) is 0 Å². The summed E-state index contributed by atoms with van der Waals surface area (Å²) in [5.41, 5.74) is 4.95. The molecular formula is C6H3BrCl2N2O. The summed E-state index contributed by atoms with van der Waals surface area (Å²) >= 11 is 14.3. The number of amides is 1. The molecule has 1 rings (SSSR count). The Morgan fingerprint density at radius 2 is 2.17 bits per heavy atom. The molecule has 0 unspecified atom stereocenters. The van der Waals surface area contributed by atoms with Gasteiger partial charge < -0.3 is 5.73 Å².